The van der Waals surface area contributed by atoms with Gasteiger partial charge in [-0.25, -0.2) is 0 Å². The van der Waals surface area contributed by atoms with Gasteiger partial charge in [0.15, 0.2) is 5.96 Å². The van der Waals surface area contributed by atoms with E-state index in [1.165, 1.54) is 0 Å². The van der Waals surface area contributed by atoms with Crippen LogP contribution < -0.4 is 16.0 Å². The van der Waals surface area contributed by atoms with E-state index in [2.05, 4.69) is 20.9 Å². The van der Waals surface area contributed by atoms with Crippen LogP contribution in [0.2, 0.25) is 0 Å². The summed E-state index contributed by atoms with van der Waals surface area (Å²) in [6.07, 6.45) is 3.44. The summed E-state index contributed by atoms with van der Waals surface area (Å²) in [5.74, 6) is 1.39. The van der Waals surface area contributed by atoms with Gasteiger partial charge in [0.1, 0.15) is 0 Å². The Balaban J connectivity index is 1.58. The molecule has 1 unspecified atom stereocenters. The Morgan fingerprint density at radius 3 is 2.79 bits per heavy atom. The minimum Gasteiger partial charge on any atom is -0.381 e. The summed E-state index contributed by atoms with van der Waals surface area (Å²) in [5.41, 5.74) is 1.95. The first-order chi connectivity index (χ1) is 13.7. The van der Waals surface area contributed by atoms with Gasteiger partial charge in [-0.1, -0.05) is 19.1 Å². The topological polar surface area (TPSA) is 84.0 Å². The van der Waals surface area contributed by atoms with Crippen LogP contribution in [0.4, 0.5) is 5.69 Å². The molecule has 0 aromatic heterocycles. The number of hydrogen-bond donors (Lipinski definition) is 3. The van der Waals surface area contributed by atoms with Crippen molar-refractivity contribution in [1.82, 2.24) is 10.6 Å². The number of benzene rings is 1. The quantitative estimate of drug-likeness (QED) is 0.307. The average molecular weight is 391 g/mol. The molecule has 28 heavy (non-hydrogen) atoms. The highest BCUT2D eigenvalue weighted by molar-refractivity contribution is 5.90. The lowest BCUT2D eigenvalue weighted by atomic mass is 10.1. The minimum absolute atomic E-state index is 0.0542. The van der Waals surface area contributed by atoms with Gasteiger partial charge in [-0.2, -0.15) is 0 Å². The molecule has 2 rings (SSSR count). The van der Waals surface area contributed by atoms with E-state index in [9.17, 15) is 4.79 Å². The highest BCUT2D eigenvalue weighted by Gasteiger charge is 2.15. The van der Waals surface area contributed by atoms with Crippen molar-refractivity contribution in [3.8, 4) is 0 Å². The Hall–Kier alpha value is -2.12. The average Bonchev–Trinajstić information content (AvgIpc) is 3.21. The number of nitrogens with one attached hydrogen (secondary N) is 3. The van der Waals surface area contributed by atoms with E-state index >= 15 is 0 Å². The van der Waals surface area contributed by atoms with Crippen LogP contribution >= 0.6 is 0 Å². The first kappa shape index (κ1) is 22.2. The zero-order valence-electron chi connectivity index (χ0n) is 17.1. The van der Waals surface area contributed by atoms with Crippen molar-refractivity contribution in [3.63, 3.8) is 0 Å². The standard InChI is InChI=1S/C21H34N4O3/c1-3-5-20(26)25-19-8-6-17(7-9-19)14-24-21(22-2)23-11-4-12-27-15-18-10-13-28-16-18/h6-9,18H,3-5,10-16H2,1-2H3,(H,25,26)(H2,22,23,24). The molecular weight excluding hydrogens is 356 g/mol. The van der Waals surface area contributed by atoms with Crippen LogP contribution in [-0.4, -0.2) is 51.9 Å². The fourth-order valence-electron chi connectivity index (χ4n) is 2.91. The summed E-state index contributed by atoms with van der Waals surface area (Å²) in [5, 5.41) is 9.49. The van der Waals surface area contributed by atoms with Crippen molar-refractivity contribution < 1.29 is 14.3 Å². The number of hydrogen-bond acceptors (Lipinski definition) is 4. The monoisotopic (exact) mass is 390 g/mol. The number of guanidine groups is 1. The van der Waals surface area contributed by atoms with E-state index in [-0.39, 0.29) is 5.91 Å². The van der Waals surface area contributed by atoms with Gasteiger partial charge in [-0.05, 0) is 37.0 Å². The minimum atomic E-state index is 0.0542. The lowest BCUT2D eigenvalue weighted by Crippen LogP contribution is -2.37. The van der Waals surface area contributed by atoms with Gasteiger partial charge in [-0.15, -0.1) is 0 Å². The summed E-state index contributed by atoms with van der Waals surface area (Å²) >= 11 is 0. The Labute approximate surface area is 168 Å². The third-order valence-electron chi connectivity index (χ3n) is 4.53. The second-order valence-corrected chi connectivity index (χ2v) is 7.01. The molecule has 1 aliphatic rings. The Bertz CT molecular complexity index is 598. The van der Waals surface area contributed by atoms with Crippen LogP contribution in [0, 0.1) is 5.92 Å². The molecule has 1 amide bonds. The summed E-state index contributed by atoms with van der Waals surface area (Å²) in [6.45, 7) is 6.71. The third-order valence-corrected chi connectivity index (χ3v) is 4.53. The molecule has 1 aromatic rings. The van der Waals surface area contributed by atoms with Crippen LogP contribution in [0.5, 0.6) is 0 Å². The Morgan fingerprint density at radius 2 is 2.11 bits per heavy atom. The molecule has 156 valence electrons. The molecule has 1 aromatic carbocycles. The van der Waals surface area contributed by atoms with Crippen molar-refractivity contribution in [2.75, 3.05) is 45.3 Å². The van der Waals surface area contributed by atoms with E-state index in [0.717, 1.165) is 69.4 Å². The van der Waals surface area contributed by atoms with E-state index < -0.39 is 0 Å². The number of amides is 1. The van der Waals surface area contributed by atoms with Crippen molar-refractivity contribution in [3.05, 3.63) is 29.8 Å². The number of carbonyl (C=O) groups excluding carboxylic acids is 1. The highest BCUT2D eigenvalue weighted by Crippen LogP contribution is 2.12. The summed E-state index contributed by atoms with van der Waals surface area (Å²) < 4.78 is 11.0. The molecule has 0 bridgehead atoms. The SMILES string of the molecule is CCCC(=O)Nc1ccc(CNC(=NC)NCCCOCC2CCOC2)cc1. The Morgan fingerprint density at radius 1 is 1.29 bits per heavy atom. The van der Waals surface area contributed by atoms with Gasteiger partial charge in [0.25, 0.3) is 0 Å². The van der Waals surface area contributed by atoms with Gasteiger partial charge in [-0.3, -0.25) is 9.79 Å². The molecular formula is C21H34N4O3. The van der Waals surface area contributed by atoms with Gasteiger partial charge in [0, 0.05) is 51.4 Å². The number of ether oxygens (including phenoxy) is 2. The first-order valence-corrected chi connectivity index (χ1v) is 10.2. The second kappa shape index (κ2) is 13.1. The zero-order chi connectivity index (χ0) is 20.0. The van der Waals surface area contributed by atoms with Gasteiger partial charge < -0.3 is 25.4 Å². The largest absolute Gasteiger partial charge is 0.381 e. The molecule has 7 nitrogen and oxygen atoms in total. The predicted octanol–water partition coefficient (Wildman–Crippen LogP) is 2.53. The molecule has 3 N–H and O–H groups in total. The van der Waals surface area contributed by atoms with Gasteiger partial charge >= 0.3 is 0 Å². The highest BCUT2D eigenvalue weighted by atomic mass is 16.5. The van der Waals surface area contributed by atoms with Crippen LogP contribution in [0.15, 0.2) is 29.3 Å². The number of anilines is 1. The molecule has 0 spiro atoms. The van der Waals surface area contributed by atoms with E-state index in [4.69, 9.17) is 9.47 Å². The summed E-state index contributed by atoms with van der Waals surface area (Å²) in [4.78, 5) is 15.9. The molecule has 1 heterocycles. The molecule has 0 aliphatic carbocycles. The van der Waals surface area contributed by atoms with E-state index in [1.807, 2.05) is 31.2 Å². The number of nitrogens with zero attached hydrogens (tertiary/aromatic N) is 1. The summed E-state index contributed by atoms with van der Waals surface area (Å²) in [6, 6.07) is 7.85. The molecule has 1 atom stereocenters. The van der Waals surface area contributed by atoms with E-state index in [1.54, 1.807) is 7.05 Å². The van der Waals surface area contributed by atoms with Crippen molar-refractivity contribution in [2.45, 2.75) is 39.2 Å². The van der Waals surface area contributed by atoms with Gasteiger partial charge in [0.05, 0.1) is 13.2 Å². The smallest absolute Gasteiger partial charge is 0.224 e. The number of carbonyl (C=O) groups is 1. The van der Waals surface area contributed by atoms with Crippen LogP contribution in [0.1, 0.15) is 38.2 Å². The molecule has 0 saturated carbocycles. The van der Waals surface area contributed by atoms with Gasteiger partial charge in [0.2, 0.25) is 5.91 Å². The molecule has 1 fully saturated rings. The molecule has 1 saturated heterocycles. The van der Waals surface area contributed by atoms with Crippen molar-refractivity contribution in [1.29, 1.82) is 0 Å². The Kier molecular flexibility index (Phi) is 10.4. The van der Waals surface area contributed by atoms with Crippen molar-refractivity contribution >= 4 is 17.6 Å². The normalized spacial score (nSPS) is 16.8. The van der Waals surface area contributed by atoms with Crippen LogP contribution in [0.3, 0.4) is 0 Å². The second-order valence-electron chi connectivity index (χ2n) is 7.01. The maximum absolute atomic E-state index is 11.6. The van der Waals surface area contributed by atoms with Crippen LogP contribution in [-0.2, 0) is 20.8 Å². The molecule has 1 aliphatic heterocycles. The maximum Gasteiger partial charge on any atom is 0.224 e. The molecule has 7 heteroatoms. The van der Waals surface area contributed by atoms with Crippen LogP contribution in [0.25, 0.3) is 0 Å². The maximum atomic E-state index is 11.6. The lowest BCUT2D eigenvalue weighted by Gasteiger charge is -2.13. The fraction of sp³-hybridized carbons (Fsp3) is 0.619. The van der Waals surface area contributed by atoms with Crippen molar-refractivity contribution in [2.24, 2.45) is 10.9 Å². The first-order valence-electron chi connectivity index (χ1n) is 10.2. The number of rotatable bonds is 11. The number of aliphatic imine (C=N–C) groups is 1. The zero-order valence-corrected chi connectivity index (χ0v) is 17.1. The van der Waals surface area contributed by atoms with E-state index in [0.29, 0.717) is 18.9 Å². The predicted molar refractivity (Wildman–Crippen MR) is 113 cm³/mol. The lowest BCUT2D eigenvalue weighted by molar-refractivity contribution is -0.116. The summed E-state index contributed by atoms with van der Waals surface area (Å²) in [7, 11) is 1.76. The molecule has 0 radical (unpaired) electrons. The fourth-order valence-corrected chi connectivity index (χ4v) is 2.91. The third kappa shape index (κ3) is 8.71.